The molecule has 7 heavy (non-hydrogen) atoms. The number of aromatic amines is 1. The van der Waals surface area contributed by atoms with E-state index in [1.807, 2.05) is 0 Å². The predicted molar refractivity (Wildman–Crippen MR) is 35.1 cm³/mol. The summed E-state index contributed by atoms with van der Waals surface area (Å²) in [7, 11) is 4.92. The van der Waals surface area contributed by atoms with Crippen LogP contribution in [0.4, 0.5) is 0 Å². The van der Waals surface area contributed by atoms with E-state index in [2.05, 4.69) is 33.9 Å². The SMILES string of the molecule is Pc1nn[nH]c1P. The third-order valence-corrected chi connectivity index (χ3v) is 1.79. The van der Waals surface area contributed by atoms with E-state index in [0.717, 1.165) is 10.9 Å². The minimum atomic E-state index is 0.852. The van der Waals surface area contributed by atoms with E-state index in [1.54, 1.807) is 0 Å². The van der Waals surface area contributed by atoms with E-state index in [-0.39, 0.29) is 0 Å². The maximum Gasteiger partial charge on any atom is 0.106 e. The highest BCUT2D eigenvalue weighted by atomic mass is 31.0. The molecule has 0 amide bonds. The first-order valence-corrected chi connectivity index (χ1v) is 2.88. The van der Waals surface area contributed by atoms with Gasteiger partial charge in [0.05, 0.1) is 5.44 Å². The molecule has 0 aliphatic carbocycles. The van der Waals surface area contributed by atoms with Gasteiger partial charge in [-0.15, -0.1) is 5.10 Å². The van der Waals surface area contributed by atoms with Gasteiger partial charge in [-0.2, -0.15) is 0 Å². The molecule has 1 aromatic rings. The summed E-state index contributed by atoms with van der Waals surface area (Å²) in [5.41, 5.74) is 1.77. The van der Waals surface area contributed by atoms with Crippen molar-refractivity contribution in [1.82, 2.24) is 15.4 Å². The number of H-pyrrole nitrogens is 1. The average Bonchev–Trinajstić information content (AvgIpc) is 1.91. The Morgan fingerprint density at radius 3 is 2.29 bits per heavy atom. The lowest BCUT2D eigenvalue weighted by molar-refractivity contribution is 0.955. The molecule has 1 heterocycles. The molecule has 0 fully saturated rings. The second-order valence-corrected chi connectivity index (χ2v) is 2.23. The highest BCUT2D eigenvalue weighted by molar-refractivity contribution is 7.35. The molecular weight excluding hydrogens is 128 g/mol. The van der Waals surface area contributed by atoms with Gasteiger partial charge in [0, 0.05) is 0 Å². The molecule has 1 rings (SSSR count). The topological polar surface area (TPSA) is 41.6 Å². The Bertz CT molecular complexity index is 143. The van der Waals surface area contributed by atoms with Gasteiger partial charge in [0.15, 0.2) is 0 Å². The molecule has 2 atom stereocenters. The minimum Gasteiger partial charge on any atom is -0.258 e. The van der Waals surface area contributed by atoms with Crippen molar-refractivity contribution in [2.24, 2.45) is 0 Å². The highest BCUT2D eigenvalue weighted by Gasteiger charge is 1.89. The van der Waals surface area contributed by atoms with Crippen molar-refractivity contribution in [3.63, 3.8) is 0 Å². The molecule has 1 N–H and O–H groups in total. The molecule has 0 aliphatic heterocycles. The first-order valence-electron chi connectivity index (χ1n) is 1.72. The van der Waals surface area contributed by atoms with Crippen LogP contribution in [0.3, 0.4) is 0 Å². The number of hydrogen-bond donors (Lipinski definition) is 1. The monoisotopic (exact) mass is 133 g/mol. The van der Waals surface area contributed by atoms with Crippen molar-refractivity contribution >= 4 is 29.3 Å². The minimum absolute atomic E-state index is 0.852. The van der Waals surface area contributed by atoms with Crippen LogP contribution in [0.15, 0.2) is 0 Å². The summed E-state index contributed by atoms with van der Waals surface area (Å²) in [5.74, 6) is 0. The van der Waals surface area contributed by atoms with Gasteiger partial charge in [-0.3, -0.25) is 5.10 Å². The fourth-order valence-electron chi connectivity index (χ4n) is 0.244. The summed E-state index contributed by atoms with van der Waals surface area (Å²) in [6.45, 7) is 0. The quantitative estimate of drug-likeness (QED) is 0.452. The standard InChI is InChI=1S/C2H5N3P2/c6-1-2(7)4-5-3-1/h6-7H2,(H,3,4,5). The number of hydrogen-bond acceptors (Lipinski definition) is 2. The Morgan fingerprint density at radius 2 is 2.14 bits per heavy atom. The molecule has 2 unspecified atom stereocenters. The van der Waals surface area contributed by atoms with Crippen LogP contribution < -0.4 is 10.9 Å². The number of nitrogens with one attached hydrogen (secondary N) is 1. The van der Waals surface area contributed by atoms with Crippen molar-refractivity contribution in [2.45, 2.75) is 0 Å². The van der Waals surface area contributed by atoms with E-state index >= 15 is 0 Å². The largest absolute Gasteiger partial charge is 0.258 e. The van der Waals surface area contributed by atoms with Gasteiger partial charge in [-0.1, -0.05) is 23.7 Å². The second-order valence-electron chi connectivity index (χ2n) is 1.11. The van der Waals surface area contributed by atoms with Gasteiger partial charge in [0.2, 0.25) is 0 Å². The summed E-state index contributed by atoms with van der Waals surface area (Å²) in [5, 5.41) is 9.81. The van der Waals surface area contributed by atoms with Crippen molar-refractivity contribution in [2.75, 3.05) is 0 Å². The zero-order chi connectivity index (χ0) is 5.28. The van der Waals surface area contributed by atoms with Crippen LogP contribution in [0.25, 0.3) is 0 Å². The van der Waals surface area contributed by atoms with Crippen molar-refractivity contribution in [3.05, 3.63) is 0 Å². The fourth-order valence-corrected chi connectivity index (χ4v) is 0.482. The van der Waals surface area contributed by atoms with E-state index in [9.17, 15) is 0 Å². The zero-order valence-corrected chi connectivity index (χ0v) is 5.86. The maximum absolute atomic E-state index is 3.65. The molecule has 0 aliphatic rings. The summed E-state index contributed by atoms with van der Waals surface area (Å²) < 4.78 is 0. The highest BCUT2D eigenvalue weighted by Crippen LogP contribution is 1.80. The molecule has 3 nitrogen and oxygen atoms in total. The maximum atomic E-state index is 3.65. The third kappa shape index (κ3) is 0.960. The normalized spacial score (nSPS) is 9.43. The summed E-state index contributed by atoms with van der Waals surface area (Å²) in [4.78, 5) is 0. The van der Waals surface area contributed by atoms with Crippen LogP contribution in [0, 0.1) is 0 Å². The van der Waals surface area contributed by atoms with Gasteiger partial charge in [0.25, 0.3) is 0 Å². The average molecular weight is 133 g/mol. The summed E-state index contributed by atoms with van der Waals surface area (Å²) >= 11 is 0. The Balaban J connectivity index is 3.12. The lowest BCUT2D eigenvalue weighted by atomic mass is 10.9. The molecule has 0 saturated carbocycles. The molecule has 0 aromatic carbocycles. The molecule has 0 bridgehead atoms. The molecule has 1 aromatic heterocycles. The Morgan fingerprint density at radius 1 is 1.43 bits per heavy atom. The molecule has 38 valence electrons. The van der Waals surface area contributed by atoms with Crippen molar-refractivity contribution < 1.29 is 0 Å². The van der Waals surface area contributed by atoms with E-state index < -0.39 is 0 Å². The third-order valence-electron chi connectivity index (χ3n) is 0.604. The molecule has 0 saturated heterocycles. The molecular formula is C2H5N3P2. The number of rotatable bonds is 0. The molecule has 5 heteroatoms. The van der Waals surface area contributed by atoms with Crippen LogP contribution in [-0.2, 0) is 0 Å². The second kappa shape index (κ2) is 1.85. The van der Waals surface area contributed by atoms with Gasteiger partial charge < -0.3 is 0 Å². The number of nitrogens with zero attached hydrogens (tertiary/aromatic N) is 2. The lowest BCUT2D eigenvalue weighted by Gasteiger charge is -1.75. The smallest absolute Gasteiger partial charge is 0.106 e. The van der Waals surface area contributed by atoms with E-state index in [4.69, 9.17) is 0 Å². The first kappa shape index (κ1) is 5.14. The van der Waals surface area contributed by atoms with Crippen molar-refractivity contribution in [3.8, 4) is 0 Å². The Hall–Kier alpha value is -0.0000000000000000555. The summed E-state index contributed by atoms with van der Waals surface area (Å²) in [6.07, 6.45) is 0. The van der Waals surface area contributed by atoms with Crippen LogP contribution in [0.2, 0.25) is 0 Å². The Kier molecular flexibility index (Phi) is 1.36. The predicted octanol–water partition coefficient (Wildman–Crippen LogP) is -1.19. The molecule has 0 spiro atoms. The Labute approximate surface area is 45.7 Å². The van der Waals surface area contributed by atoms with Crippen LogP contribution in [-0.4, -0.2) is 15.4 Å². The van der Waals surface area contributed by atoms with Crippen LogP contribution >= 0.6 is 18.5 Å². The molecule has 0 radical (unpaired) electrons. The van der Waals surface area contributed by atoms with Gasteiger partial charge >= 0.3 is 0 Å². The lowest BCUT2D eigenvalue weighted by Crippen LogP contribution is -2.08. The number of aromatic nitrogens is 3. The first-order chi connectivity index (χ1) is 3.30. The summed E-state index contributed by atoms with van der Waals surface area (Å²) in [6, 6.07) is 0. The van der Waals surface area contributed by atoms with Crippen molar-refractivity contribution in [1.29, 1.82) is 0 Å². The van der Waals surface area contributed by atoms with Crippen LogP contribution in [0.5, 0.6) is 0 Å². The van der Waals surface area contributed by atoms with Gasteiger partial charge in [-0.25, -0.2) is 0 Å². The van der Waals surface area contributed by atoms with Gasteiger partial charge in [-0.05, 0) is 0 Å². The fraction of sp³-hybridized carbons (Fsp3) is 0. The van der Waals surface area contributed by atoms with Crippen LogP contribution in [0.1, 0.15) is 0 Å². The van der Waals surface area contributed by atoms with Gasteiger partial charge in [0.1, 0.15) is 5.44 Å². The van der Waals surface area contributed by atoms with E-state index in [1.165, 1.54) is 0 Å². The van der Waals surface area contributed by atoms with E-state index in [0.29, 0.717) is 0 Å². The zero-order valence-electron chi connectivity index (χ0n) is 3.55.